The van der Waals surface area contributed by atoms with Crippen LogP contribution >= 0.6 is 0 Å². The highest BCUT2D eigenvalue weighted by Gasteiger charge is 2.21. The van der Waals surface area contributed by atoms with E-state index in [1.165, 1.54) is 44.4 Å². The highest BCUT2D eigenvalue weighted by molar-refractivity contribution is 5.97. The monoisotopic (exact) mass is 361 g/mol. The number of para-hydroxylation sites is 1. The van der Waals surface area contributed by atoms with Crippen LogP contribution < -0.4 is 14.8 Å². The third-order valence-electron chi connectivity index (χ3n) is 3.48. The third-order valence-corrected chi connectivity index (χ3v) is 3.48. The highest BCUT2D eigenvalue weighted by atomic mass is 19.1. The fourth-order valence-corrected chi connectivity index (χ4v) is 2.15. The van der Waals surface area contributed by atoms with Crippen LogP contribution in [0.4, 0.5) is 10.1 Å². The minimum atomic E-state index is -1.11. The molecule has 7 heteroatoms. The third kappa shape index (κ3) is 4.72. The minimum Gasteiger partial charge on any atom is -0.493 e. The summed E-state index contributed by atoms with van der Waals surface area (Å²) in [7, 11) is 1.49. The summed E-state index contributed by atoms with van der Waals surface area (Å²) >= 11 is 0. The van der Waals surface area contributed by atoms with Crippen molar-refractivity contribution in [1.82, 2.24) is 0 Å². The van der Waals surface area contributed by atoms with Gasteiger partial charge in [0.2, 0.25) is 0 Å². The van der Waals surface area contributed by atoms with Crippen molar-refractivity contribution in [3.8, 4) is 11.5 Å². The molecule has 0 heterocycles. The molecule has 0 aliphatic rings. The Morgan fingerprint density at radius 3 is 2.54 bits per heavy atom. The Morgan fingerprint density at radius 2 is 1.88 bits per heavy atom. The predicted molar refractivity (Wildman–Crippen MR) is 94.1 cm³/mol. The van der Waals surface area contributed by atoms with Gasteiger partial charge in [0.15, 0.2) is 17.6 Å². The van der Waals surface area contributed by atoms with Crippen molar-refractivity contribution in [3.63, 3.8) is 0 Å². The number of benzene rings is 2. The molecule has 0 bridgehead atoms. The first kappa shape index (κ1) is 19.2. The Balaban J connectivity index is 2.05. The van der Waals surface area contributed by atoms with Gasteiger partial charge < -0.3 is 19.5 Å². The van der Waals surface area contributed by atoms with E-state index >= 15 is 0 Å². The lowest BCUT2D eigenvalue weighted by Crippen LogP contribution is -2.30. The lowest BCUT2D eigenvalue weighted by molar-refractivity contribution is -0.123. The average Bonchev–Trinajstić information content (AvgIpc) is 2.63. The number of carbonyl (C=O) groups excluding carboxylic acids is 2. The van der Waals surface area contributed by atoms with Gasteiger partial charge in [-0.25, -0.2) is 9.18 Å². The van der Waals surface area contributed by atoms with Crippen LogP contribution in [0, 0.1) is 5.82 Å². The summed E-state index contributed by atoms with van der Waals surface area (Å²) in [5.41, 5.74) is 0.225. The Hall–Kier alpha value is -3.09. The summed E-state index contributed by atoms with van der Waals surface area (Å²) < 4.78 is 29.3. The molecule has 0 aliphatic heterocycles. The fourth-order valence-electron chi connectivity index (χ4n) is 2.15. The van der Waals surface area contributed by atoms with E-state index in [2.05, 4.69) is 5.32 Å². The minimum absolute atomic E-state index is 0.0171. The maximum absolute atomic E-state index is 13.6. The van der Waals surface area contributed by atoms with Crippen LogP contribution in [0.1, 0.15) is 24.2 Å². The summed E-state index contributed by atoms with van der Waals surface area (Å²) in [6, 6.07) is 10.3. The van der Waals surface area contributed by atoms with Gasteiger partial charge in [-0.1, -0.05) is 12.1 Å². The Labute approximate surface area is 150 Å². The molecule has 6 nitrogen and oxygen atoms in total. The molecule has 0 fully saturated rings. The maximum Gasteiger partial charge on any atom is 0.339 e. The lowest BCUT2D eigenvalue weighted by Gasteiger charge is -2.15. The summed E-state index contributed by atoms with van der Waals surface area (Å²) in [5.74, 6) is -1.04. The Kier molecular flexibility index (Phi) is 6.54. The molecule has 26 heavy (non-hydrogen) atoms. The van der Waals surface area contributed by atoms with Crippen molar-refractivity contribution < 1.29 is 28.2 Å². The van der Waals surface area contributed by atoms with E-state index in [1.807, 2.05) is 0 Å². The molecule has 2 aromatic carbocycles. The summed E-state index contributed by atoms with van der Waals surface area (Å²) in [5, 5.41) is 2.38. The number of carbonyl (C=O) groups is 2. The number of rotatable bonds is 7. The SMILES string of the molecule is CCOc1cc(C(=O)OC(C)C(=O)Nc2ccccc2F)ccc1OC. The fraction of sp³-hybridized carbons (Fsp3) is 0.263. The molecule has 1 unspecified atom stereocenters. The number of esters is 1. The van der Waals surface area contributed by atoms with E-state index in [9.17, 15) is 14.0 Å². The molecule has 0 saturated carbocycles. The van der Waals surface area contributed by atoms with Gasteiger partial charge in [0.05, 0.1) is 25.0 Å². The van der Waals surface area contributed by atoms with E-state index in [4.69, 9.17) is 14.2 Å². The maximum atomic E-state index is 13.6. The van der Waals surface area contributed by atoms with Crippen molar-refractivity contribution in [2.24, 2.45) is 0 Å². The number of anilines is 1. The first-order valence-corrected chi connectivity index (χ1v) is 8.03. The standard InChI is InChI=1S/C19H20FNO5/c1-4-25-17-11-13(9-10-16(17)24-3)19(23)26-12(2)18(22)21-15-8-6-5-7-14(15)20/h5-12H,4H2,1-3H3,(H,21,22). The molecule has 138 valence electrons. The molecular formula is C19H20FNO5. The van der Waals surface area contributed by atoms with Crippen molar-refractivity contribution in [2.45, 2.75) is 20.0 Å². The normalized spacial score (nSPS) is 11.4. The van der Waals surface area contributed by atoms with Gasteiger partial charge in [0.25, 0.3) is 5.91 Å². The Bertz CT molecular complexity index is 793. The molecule has 0 aromatic heterocycles. The molecule has 0 radical (unpaired) electrons. The number of hydrogen-bond acceptors (Lipinski definition) is 5. The zero-order chi connectivity index (χ0) is 19.1. The van der Waals surface area contributed by atoms with Gasteiger partial charge in [-0.3, -0.25) is 4.79 Å². The van der Waals surface area contributed by atoms with E-state index in [1.54, 1.807) is 19.1 Å². The summed E-state index contributed by atoms with van der Waals surface area (Å²) in [4.78, 5) is 24.4. The molecule has 0 aliphatic carbocycles. The molecular weight excluding hydrogens is 341 g/mol. The predicted octanol–water partition coefficient (Wildman–Crippen LogP) is 3.42. The first-order valence-electron chi connectivity index (χ1n) is 8.03. The van der Waals surface area contributed by atoms with Crippen molar-refractivity contribution in [1.29, 1.82) is 0 Å². The van der Waals surface area contributed by atoms with Crippen molar-refractivity contribution in [3.05, 3.63) is 53.8 Å². The van der Waals surface area contributed by atoms with Gasteiger partial charge in [-0.2, -0.15) is 0 Å². The van der Waals surface area contributed by atoms with Gasteiger partial charge in [0, 0.05) is 0 Å². The largest absolute Gasteiger partial charge is 0.493 e. The van der Waals surface area contributed by atoms with E-state index in [-0.39, 0.29) is 11.3 Å². The van der Waals surface area contributed by atoms with E-state index in [0.29, 0.717) is 18.1 Å². The molecule has 2 aromatic rings. The number of halogens is 1. The molecule has 0 saturated heterocycles. The zero-order valence-electron chi connectivity index (χ0n) is 14.7. The lowest BCUT2D eigenvalue weighted by atomic mass is 10.2. The molecule has 1 amide bonds. The number of ether oxygens (including phenoxy) is 3. The highest BCUT2D eigenvalue weighted by Crippen LogP contribution is 2.28. The van der Waals surface area contributed by atoms with Crippen molar-refractivity contribution in [2.75, 3.05) is 19.0 Å². The second-order valence-corrected chi connectivity index (χ2v) is 5.32. The second kappa shape index (κ2) is 8.84. The van der Waals surface area contributed by atoms with Gasteiger partial charge in [-0.05, 0) is 44.2 Å². The first-order chi connectivity index (χ1) is 12.5. The van der Waals surface area contributed by atoms with Crippen molar-refractivity contribution >= 4 is 17.6 Å². The average molecular weight is 361 g/mol. The number of amides is 1. The Morgan fingerprint density at radius 1 is 1.15 bits per heavy atom. The van der Waals surface area contributed by atoms with Gasteiger partial charge in [-0.15, -0.1) is 0 Å². The van der Waals surface area contributed by atoms with Crippen LogP contribution in [0.3, 0.4) is 0 Å². The van der Waals surface area contributed by atoms with Crippen LogP contribution in [0.25, 0.3) is 0 Å². The number of nitrogens with one attached hydrogen (secondary N) is 1. The topological polar surface area (TPSA) is 73.9 Å². The van der Waals surface area contributed by atoms with Crippen LogP contribution in [-0.2, 0) is 9.53 Å². The smallest absolute Gasteiger partial charge is 0.339 e. The molecule has 0 spiro atoms. The van der Waals surface area contributed by atoms with Crippen LogP contribution in [0.2, 0.25) is 0 Å². The molecule has 2 rings (SSSR count). The van der Waals surface area contributed by atoms with E-state index in [0.717, 1.165) is 0 Å². The van der Waals surface area contributed by atoms with Gasteiger partial charge >= 0.3 is 5.97 Å². The zero-order valence-corrected chi connectivity index (χ0v) is 14.7. The molecule has 1 N–H and O–H groups in total. The summed E-state index contributed by atoms with van der Waals surface area (Å²) in [6.07, 6.45) is -1.11. The van der Waals surface area contributed by atoms with Crippen LogP contribution in [-0.4, -0.2) is 31.7 Å². The van der Waals surface area contributed by atoms with Crippen LogP contribution in [0.15, 0.2) is 42.5 Å². The quantitative estimate of drug-likeness (QED) is 0.765. The van der Waals surface area contributed by atoms with Gasteiger partial charge in [0.1, 0.15) is 5.82 Å². The number of methoxy groups -OCH3 is 1. The van der Waals surface area contributed by atoms with Crippen LogP contribution in [0.5, 0.6) is 11.5 Å². The number of hydrogen-bond donors (Lipinski definition) is 1. The molecule has 1 atom stereocenters. The summed E-state index contributed by atoms with van der Waals surface area (Å²) in [6.45, 7) is 3.61. The van der Waals surface area contributed by atoms with E-state index < -0.39 is 23.8 Å². The second-order valence-electron chi connectivity index (χ2n) is 5.32.